The normalized spacial score (nSPS) is 11.9. The molecule has 0 saturated carbocycles. The maximum Gasteiger partial charge on any atom is 0.252 e. The number of carbonyl (C=O) groups excluding carboxylic acids is 1. The molecule has 0 atom stereocenters. The van der Waals surface area contributed by atoms with Gasteiger partial charge in [-0.15, -0.1) is 0 Å². The summed E-state index contributed by atoms with van der Waals surface area (Å²) in [7, 11) is 5.12. The lowest BCUT2D eigenvalue weighted by molar-refractivity contribution is -0.117. The number of rotatable bonds is 4. The first-order chi connectivity index (χ1) is 13.6. The summed E-state index contributed by atoms with van der Waals surface area (Å²) >= 11 is 1.53. The van der Waals surface area contributed by atoms with Crippen LogP contribution in [0.4, 0.5) is 0 Å². The zero-order valence-electron chi connectivity index (χ0n) is 15.9. The molecule has 0 aliphatic rings. The van der Waals surface area contributed by atoms with E-state index >= 15 is 0 Å². The summed E-state index contributed by atoms with van der Waals surface area (Å²) in [5.74, 6) is 1.09. The molecule has 5 nitrogen and oxygen atoms in total. The monoisotopic (exact) mass is 392 g/mol. The highest BCUT2D eigenvalue weighted by molar-refractivity contribution is 7.17. The maximum absolute atomic E-state index is 12.6. The average molecular weight is 392 g/mol. The molecule has 3 aromatic carbocycles. The van der Waals surface area contributed by atoms with Gasteiger partial charge in [-0.1, -0.05) is 47.7 Å². The molecular weight excluding hydrogens is 372 g/mol. The highest BCUT2D eigenvalue weighted by atomic mass is 32.1. The topological polar surface area (TPSA) is 52.8 Å². The number of benzene rings is 3. The van der Waals surface area contributed by atoms with Gasteiger partial charge in [0.25, 0.3) is 5.91 Å². The van der Waals surface area contributed by atoms with Gasteiger partial charge in [-0.25, -0.2) is 0 Å². The van der Waals surface area contributed by atoms with Gasteiger partial charge < -0.3 is 14.0 Å². The number of hydrogen-bond acceptors (Lipinski definition) is 4. The van der Waals surface area contributed by atoms with Crippen LogP contribution in [0.5, 0.6) is 11.5 Å². The van der Waals surface area contributed by atoms with Crippen LogP contribution >= 0.6 is 11.3 Å². The van der Waals surface area contributed by atoms with Crippen molar-refractivity contribution in [2.45, 2.75) is 6.42 Å². The molecule has 0 fully saturated rings. The third-order valence-corrected chi connectivity index (χ3v) is 5.94. The molecule has 0 aliphatic heterocycles. The summed E-state index contributed by atoms with van der Waals surface area (Å²) in [5.41, 5.74) is 1.85. The second-order valence-corrected chi connectivity index (χ2v) is 7.42. The molecule has 1 amide bonds. The molecule has 6 heteroatoms. The Hall–Kier alpha value is -3.12. The molecule has 0 saturated heterocycles. The Kier molecular flexibility index (Phi) is 4.88. The van der Waals surface area contributed by atoms with E-state index < -0.39 is 0 Å². The van der Waals surface area contributed by atoms with Gasteiger partial charge in [-0.05, 0) is 17.5 Å². The van der Waals surface area contributed by atoms with Crippen LogP contribution in [0.25, 0.3) is 21.0 Å². The van der Waals surface area contributed by atoms with E-state index in [4.69, 9.17) is 9.47 Å². The molecule has 4 aromatic rings. The van der Waals surface area contributed by atoms with Crippen LogP contribution in [0.1, 0.15) is 5.56 Å². The quantitative estimate of drug-likeness (QED) is 0.526. The van der Waals surface area contributed by atoms with Crippen LogP contribution in [0, 0.1) is 0 Å². The first kappa shape index (κ1) is 18.3. The molecule has 142 valence electrons. The summed E-state index contributed by atoms with van der Waals surface area (Å²) in [4.78, 5) is 17.7. The van der Waals surface area contributed by atoms with Gasteiger partial charge in [-0.3, -0.25) is 4.79 Å². The van der Waals surface area contributed by atoms with E-state index in [-0.39, 0.29) is 12.3 Å². The zero-order valence-corrected chi connectivity index (χ0v) is 16.7. The Labute approximate surface area is 166 Å². The summed E-state index contributed by atoms with van der Waals surface area (Å²) in [6.45, 7) is 0. The number of aryl methyl sites for hydroxylation is 1. The highest BCUT2D eigenvalue weighted by Crippen LogP contribution is 2.27. The van der Waals surface area contributed by atoms with Crippen LogP contribution in [0.2, 0.25) is 0 Å². The number of ether oxygens (including phenoxy) is 2. The number of fused-ring (bicyclic) bond motifs is 3. The van der Waals surface area contributed by atoms with Gasteiger partial charge in [0.2, 0.25) is 0 Å². The van der Waals surface area contributed by atoms with Gasteiger partial charge in [0.05, 0.1) is 30.9 Å². The fraction of sp³-hybridized carbons (Fsp3) is 0.182. The second-order valence-electron chi connectivity index (χ2n) is 6.44. The van der Waals surface area contributed by atoms with Gasteiger partial charge in [0.1, 0.15) is 11.5 Å². The fourth-order valence-electron chi connectivity index (χ4n) is 3.27. The van der Waals surface area contributed by atoms with E-state index in [1.165, 1.54) is 22.1 Å². The van der Waals surface area contributed by atoms with E-state index in [0.717, 1.165) is 15.8 Å². The van der Waals surface area contributed by atoms with Gasteiger partial charge in [0, 0.05) is 24.1 Å². The molecule has 1 heterocycles. The summed E-state index contributed by atoms with van der Waals surface area (Å²) < 4.78 is 13.7. The van der Waals surface area contributed by atoms with Gasteiger partial charge in [-0.2, -0.15) is 4.99 Å². The standard InChI is InChI=1S/C22H20N2O3S/c1-24-18-11-9-14-6-4-5-7-17(14)21(18)28-22(24)23-20(25)12-15-8-10-16(26-2)13-19(15)27-3/h4-11,13H,12H2,1-3H3. The summed E-state index contributed by atoms with van der Waals surface area (Å²) in [6.07, 6.45) is 0.169. The number of methoxy groups -OCH3 is 2. The van der Waals surface area contributed by atoms with E-state index in [1.54, 1.807) is 20.3 Å². The van der Waals surface area contributed by atoms with Crippen LogP contribution in [0.3, 0.4) is 0 Å². The Morgan fingerprint density at radius 2 is 1.89 bits per heavy atom. The predicted octanol–water partition coefficient (Wildman–Crippen LogP) is 4.08. The smallest absolute Gasteiger partial charge is 0.252 e. The Morgan fingerprint density at radius 3 is 2.68 bits per heavy atom. The lowest BCUT2D eigenvalue weighted by Gasteiger charge is -2.08. The van der Waals surface area contributed by atoms with Gasteiger partial charge in [0.15, 0.2) is 4.80 Å². The minimum Gasteiger partial charge on any atom is -0.497 e. The summed E-state index contributed by atoms with van der Waals surface area (Å²) in [6, 6.07) is 17.8. The third kappa shape index (κ3) is 3.27. The number of aromatic nitrogens is 1. The van der Waals surface area contributed by atoms with Crippen LogP contribution in [-0.2, 0) is 18.3 Å². The second kappa shape index (κ2) is 7.48. The lowest BCUT2D eigenvalue weighted by Crippen LogP contribution is -2.14. The van der Waals surface area contributed by atoms with Crippen molar-refractivity contribution in [2.24, 2.45) is 12.0 Å². The molecule has 0 aliphatic carbocycles. The first-order valence-electron chi connectivity index (χ1n) is 8.86. The Morgan fingerprint density at radius 1 is 1.07 bits per heavy atom. The van der Waals surface area contributed by atoms with Crippen molar-refractivity contribution < 1.29 is 14.3 Å². The number of nitrogens with zero attached hydrogens (tertiary/aromatic N) is 2. The minimum atomic E-state index is -0.213. The van der Waals surface area contributed by atoms with E-state index in [0.29, 0.717) is 16.3 Å². The summed E-state index contributed by atoms with van der Waals surface area (Å²) in [5, 5.41) is 2.35. The third-order valence-electron chi connectivity index (χ3n) is 4.76. The SMILES string of the molecule is COc1ccc(CC(=O)N=c2sc3c4ccccc4ccc3n2C)c(OC)c1. The lowest BCUT2D eigenvalue weighted by atomic mass is 10.1. The molecule has 0 N–H and O–H groups in total. The molecule has 0 radical (unpaired) electrons. The molecular formula is C22H20N2O3S. The predicted molar refractivity (Wildman–Crippen MR) is 112 cm³/mol. The minimum absolute atomic E-state index is 0.169. The van der Waals surface area contributed by atoms with Crippen molar-refractivity contribution >= 4 is 38.2 Å². The van der Waals surface area contributed by atoms with Crippen molar-refractivity contribution in [3.63, 3.8) is 0 Å². The number of amides is 1. The van der Waals surface area contributed by atoms with Crippen molar-refractivity contribution in [1.29, 1.82) is 0 Å². The number of hydrogen-bond donors (Lipinski definition) is 0. The van der Waals surface area contributed by atoms with Crippen molar-refractivity contribution in [2.75, 3.05) is 14.2 Å². The number of carbonyl (C=O) groups is 1. The zero-order chi connectivity index (χ0) is 19.7. The van der Waals surface area contributed by atoms with Crippen molar-refractivity contribution in [1.82, 2.24) is 4.57 Å². The Balaban J connectivity index is 1.73. The molecule has 0 bridgehead atoms. The molecule has 28 heavy (non-hydrogen) atoms. The van der Waals surface area contributed by atoms with E-state index in [9.17, 15) is 4.79 Å². The van der Waals surface area contributed by atoms with Gasteiger partial charge >= 0.3 is 0 Å². The molecule has 1 aromatic heterocycles. The largest absolute Gasteiger partial charge is 0.497 e. The number of thiazole rings is 1. The van der Waals surface area contributed by atoms with E-state index in [2.05, 4.69) is 29.3 Å². The van der Waals surface area contributed by atoms with Crippen LogP contribution in [-0.4, -0.2) is 24.7 Å². The fourth-order valence-corrected chi connectivity index (χ4v) is 4.44. The molecule has 0 spiro atoms. The van der Waals surface area contributed by atoms with Crippen LogP contribution < -0.4 is 14.3 Å². The van der Waals surface area contributed by atoms with Crippen molar-refractivity contribution in [3.05, 3.63) is 65.0 Å². The first-order valence-corrected chi connectivity index (χ1v) is 9.68. The highest BCUT2D eigenvalue weighted by Gasteiger charge is 2.11. The van der Waals surface area contributed by atoms with Crippen LogP contribution in [0.15, 0.2) is 59.6 Å². The molecule has 0 unspecified atom stereocenters. The Bertz CT molecular complexity index is 1250. The molecule has 4 rings (SSSR count). The average Bonchev–Trinajstić information content (AvgIpc) is 3.04. The van der Waals surface area contributed by atoms with Crippen molar-refractivity contribution in [3.8, 4) is 11.5 Å². The maximum atomic E-state index is 12.6. The van der Waals surface area contributed by atoms with E-state index in [1.807, 2.05) is 35.9 Å².